The Balaban J connectivity index is 1.48. The first-order valence-electron chi connectivity index (χ1n) is 10.8. The Kier molecular flexibility index (Phi) is 9.57. The van der Waals surface area contributed by atoms with Gasteiger partial charge >= 0.3 is 0 Å². The van der Waals surface area contributed by atoms with Gasteiger partial charge in [0.2, 0.25) is 0 Å². The summed E-state index contributed by atoms with van der Waals surface area (Å²) in [6, 6.07) is 23.8. The van der Waals surface area contributed by atoms with Gasteiger partial charge in [0.25, 0.3) is 11.8 Å². The van der Waals surface area contributed by atoms with E-state index in [-0.39, 0.29) is 16.9 Å². The normalized spacial score (nSPS) is 10.3. The van der Waals surface area contributed by atoms with E-state index in [0.717, 1.165) is 6.42 Å². The Bertz CT molecular complexity index is 1100. The lowest BCUT2D eigenvalue weighted by molar-refractivity contribution is 0.0935. The Labute approximate surface area is 204 Å². The van der Waals surface area contributed by atoms with E-state index >= 15 is 0 Å². The molecule has 176 valence electrons. The summed E-state index contributed by atoms with van der Waals surface area (Å²) in [5.74, 6) is 0.0762. The summed E-state index contributed by atoms with van der Waals surface area (Å²) in [6.07, 6.45) is 0.777. The van der Waals surface area contributed by atoms with Gasteiger partial charge in [0.15, 0.2) is 5.11 Å². The number of ether oxygens (including phenoxy) is 2. The van der Waals surface area contributed by atoms with Crippen molar-refractivity contribution >= 4 is 34.8 Å². The highest BCUT2D eigenvalue weighted by atomic mass is 32.1. The summed E-state index contributed by atoms with van der Waals surface area (Å²) in [5, 5.41) is 8.51. The van der Waals surface area contributed by atoms with Crippen LogP contribution in [0.25, 0.3) is 0 Å². The smallest absolute Gasteiger partial charge is 0.257 e. The molecule has 0 bridgehead atoms. The summed E-state index contributed by atoms with van der Waals surface area (Å²) in [7, 11) is 1.58. The Hall–Kier alpha value is -3.75. The number of methoxy groups -OCH3 is 1. The first kappa shape index (κ1) is 24.9. The van der Waals surface area contributed by atoms with Crippen LogP contribution in [0.4, 0.5) is 5.69 Å². The van der Waals surface area contributed by atoms with Gasteiger partial charge in [0.05, 0.1) is 13.2 Å². The SMILES string of the molecule is COCCNC(=O)c1ccc(NC(=S)NC(=O)c2cccc(OCCc3ccccc3)c2)cc1. The van der Waals surface area contributed by atoms with Crippen molar-refractivity contribution in [2.75, 3.05) is 32.2 Å². The van der Waals surface area contributed by atoms with Gasteiger partial charge in [-0.25, -0.2) is 0 Å². The number of thiocarbonyl (C=S) groups is 1. The molecule has 3 N–H and O–H groups in total. The van der Waals surface area contributed by atoms with Crippen LogP contribution in [0.2, 0.25) is 0 Å². The Morgan fingerprint density at radius 3 is 2.35 bits per heavy atom. The van der Waals surface area contributed by atoms with Gasteiger partial charge in [-0.2, -0.15) is 0 Å². The van der Waals surface area contributed by atoms with E-state index in [2.05, 4.69) is 16.0 Å². The number of amides is 2. The van der Waals surface area contributed by atoms with Crippen LogP contribution >= 0.6 is 12.2 Å². The third-order valence-corrected chi connectivity index (χ3v) is 5.03. The van der Waals surface area contributed by atoms with Crippen molar-refractivity contribution in [1.29, 1.82) is 0 Å². The number of hydrogen-bond donors (Lipinski definition) is 3. The maximum Gasteiger partial charge on any atom is 0.257 e. The summed E-state index contributed by atoms with van der Waals surface area (Å²) >= 11 is 5.26. The van der Waals surface area contributed by atoms with E-state index in [1.807, 2.05) is 36.4 Å². The highest BCUT2D eigenvalue weighted by molar-refractivity contribution is 7.80. The predicted octanol–water partition coefficient (Wildman–Crippen LogP) is 3.81. The average Bonchev–Trinajstić information content (AvgIpc) is 2.85. The summed E-state index contributed by atoms with van der Waals surface area (Å²) in [6.45, 7) is 1.39. The first-order chi connectivity index (χ1) is 16.5. The summed E-state index contributed by atoms with van der Waals surface area (Å²) in [4.78, 5) is 24.6. The molecule has 0 spiro atoms. The second-order valence-electron chi connectivity index (χ2n) is 7.35. The van der Waals surface area contributed by atoms with Crippen molar-refractivity contribution in [2.24, 2.45) is 0 Å². The molecule has 0 aromatic heterocycles. The zero-order valence-corrected chi connectivity index (χ0v) is 19.7. The molecule has 3 aromatic rings. The van der Waals surface area contributed by atoms with Crippen LogP contribution in [-0.4, -0.2) is 43.8 Å². The monoisotopic (exact) mass is 477 g/mol. The third kappa shape index (κ3) is 7.99. The summed E-state index contributed by atoms with van der Waals surface area (Å²) < 4.78 is 10.7. The zero-order chi connectivity index (χ0) is 24.2. The van der Waals surface area contributed by atoms with Crippen LogP contribution in [0.3, 0.4) is 0 Å². The fourth-order valence-corrected chi connectivity index (χ4v) is 3.28. The number of hydrogen-bond acceptors (Lipinski definition) is 5. The molecule has 2 amide bonds. The molecular weight excluding hydrogens is 450 g/mol. The molecule has 0 fully saturated rings. The average molecular weight is 478 g/mol. The molecule has 0 heterocycles. The lowest BCUT2D eigenvalue weighted by Gasteiger charge is -2.11. The molecule has 0 radical (unpaired) electrons. The van der Waals surface area contributed by atoms with Crippen LogP contribution < -0.4 is 20.7 Å². The maximum absolute atomic E-state index is 12.6. The van der Waals surface area contributed by atoms with Crippen molar-refractivity contribution in [3.8, 4) is 5.75 Å². The standard InChI is InChI=1S/C26H27N3O4S/c1-32-17-15-27-24(30)20-10-12-22(13-11-20)28-26(34)29-25(31)21-8-5-9-23(18-21)33-16-14-19-6-3-2-4-7-19/h2-13,18H,14-17H2,1H3,(H,27,30)(H2,28,29,31,34). The lowest BCUT2D eigenvalue weighted by Crippen LogP contribution is -2.34. The topological polar surface area (TPSA) is 88.7 Å². The van der Waals surface area contributed by atoms with Crippen LogP contribution in [0.1, 0.15) is 26.3 Å². The fraction of sp³-hybridized carbons (Fsp3) is 0.192. The molecule has 0 atom stereocenters. The molecule has 34 heavy (non-hydrogen) atoms. The van der Waals surface area contributed by atoms with Gasteiger partial charge in [-0.1, -0.05) is 36.4 Å². The fourth-order valence-electron chi connectivity index (χ4n) is 3.07. The van der Waals surface area contributed by atoms with Crippen molar-refractivity contribution in [3.63, 3.8) is 0 Å². The Morgan fingerprint density at radius 2 is 1.62 bits per heavy atom. The second-order valence-corrected chi connectivity index (χ2v) is 7.75. The molecule has 0 saturated heterocycles. The van der Waals surface area contributed by atoms with Crippen molar-refractivity contribution in [1.82, 2.24) is 10.6 Å². The minimum absolute atomic E-state index is 0.151. The van der Waals surface area contributed by atoms with Gasteiger partial charge in [-0.15, -0.1) is 0 Å². The minimum atomic E-state index is -0.347. The molecule has 0 unspecified atom stereocenters. The molecule has 0 aliphatic rings. The number of nitrogens with one attached hydrogen (secondary N) is 3. The largest absolute Gasteiger partial charge is 0.493 e. The van der Waals surface area contributed by atoms with E-state index in [1.54, 1.807) is 49.6 Å². The molecule has 3 aromatic carbocycles. The molecule has 3 rings (SSSR count). The minimum Gasteiger partial charge on any atom is -0.493 e. The van der Waals surface area contributed by atoms with Gasteiger partial charge < -0.3 is 20.1 Å². The number of carbonyl (C=O) groups excluding carboxylic acids is 2. The van der Waals surface area contributed by atoms with E-state index in [4.69, 9.17) is 21.7 Å². The second kappa shape index (κ2) is 13.1. The van der Waals surface area contributed by atoms with E-state index in [9.17, 15) is 9.59 Å². The van der Waals surface area contributed by atoms with Gasteiger partial charge in [-0.3, -0.25) is 14.9 Å². The van der Waals surface area contributed by atoms with Crippen molar-refractivity contribution in [3.05, 3.63) is 95.6 Å². The lowest BCUT2D eigenvalue weighted by atomic mass is 10.2. The molecule has 8 heteroatoms. The Morgan fingerprint density at radius 1 is 0.853 bits per heavy atom. The first-order valence-corrected chi connectivity index (χ1v) is 11.2. The molecule has 0 saturated carbocycles. The molecule has 7 nitrogen and oxygen atoms in total. The van der Waals surface area contributed by atoms with Crippen LogP contribution in [0.5, 0.6) is 5.75 Å². The molecule has 0 aliphatic carbocycles. The number of rotatable bonds is 10. The van der Waals surface area contributed by atoms with E-state index in [0.29, 0.717) is 42.3 Å². The van der Waals surface area contributed by atoms with Gasteiger partial charge in [0, 0.05) is 36.9 Å². The van der Waals surface area contributed by atoms with Crippen LogP contribution in [-0.2, 0) is 11.2 Å². The van der Waals surface area contributed by atoms with Crippen LogP contribution in [0.15, 0.2) is 78.9 Å². The van der Waals surface area contributed by atoms with Crippen LogP contribution in [0, 0.1) is 0 Å². The van der Waals surface area contributed by atoms with Gasteiger partial charge in [-0.05, 0) is 60.2 Å². The van der Waals surface area contributed by atoms with Gasteiger partial charge in [0.1, 0.15) is 5.75 Å². The van der Waals surface area contributed by atoms with Crippen molar-refractivity contribution in [2.45, 2.75) is 6.42 Å². The number of benzene rings is 3. The van der Waals surface area contributed by atoms with Crippen molar-refractivity contribution < 1.29 is 19.1 Å². The zero-order valence-electron chi connectivity index (χ0n) is 18.9. The highest BCUT2D eigenvalue weighted by Gasteiger charge is 2.10. The summed E-state index contributed by atoms with van der Waals surface area (Å²) in [5.41, 5.74) is 2.79. The predicted molar refractivity (Wildman–Crippen MR) is 136 cm³/mol. The molecular formula is C26H27N3O4S. The number of anilines is 1. The molecule has 0 aliphatic heterocycles. The quantitative estimate of drug-likeness (QED) is 0.304. The van der Waals surface area contributed by atoms with E-state index < -0.39 is 0 Å². The third-order valence-electron chi connectivity index (χ3n) is 4.82. The maximum atomic E-state index is 12.6. The number of carbonyl (C=O) groups is 2. The highest BCUT2D eigenvalue weighted by Crippen LogP contribution is 2.14. The van der Waals surface area contributed by atoms with E-state index in [1.165, 1.54) is 5.56 Å².